The van der Waals surface area contributed by atoms with E-state index in [9.17, 15) is 9.59 Å². The Morgan fingerprint density at radius 3 is 2.42 bits per heavy atom. The maximum atomic E-state index is 12.3. The molecule has 0 spiro atoms. The van der Waals surface area contributed by atoms with Crippen molar-refractivity contribution in [1.29, 1.82) is 0 Å². The highest BCUT2D eigenvalue weighted by Gasteiger charge is 2.17. The third-order valence-electron chi connectivity index (χ3n) is 3.24. The number of primary amides is 1. The Kier molecular flexibility index (Phi) is 5.65. The van der Waals surface area contributed by atoms with Crippen LogP contribution in [0.5, 0.6) is 11.5 Å². The fourth-order valence-electron chi connectivity index (χ4n) is 1.97. The van der Waals surface area contributed by atoms with E-state index in [0.29, 0.717) is 27.8 Å². The molecule has 0 unspecified atom stereocenters. The Hall–Kier alpha value is -2.73. The molecule has 0 saturated heterocycles. The number of benzene rings is 2. The summed E-state index contributed by atoms with van der Waals surface area (Å²) in [7, 11) is 1.50. The average molecular weight is 349 g/mol. The first-order chi connectivity index (χ1) is 11.4. The molecule has 0 aliphatic carbocycles. The van der Waals surface area contributed by atoms with Crippen LogP contribution in [0, 0.1) is 0 Å². The molecule has 0 aromatic heterocycles. The highest BCUT2D eigenvalue weighted by molar-refractivity contribution is 6.31. The highest BCUT2D eigenvalue weighted by atomic mass is 35.5. The molecule has 2 rings (SSSR count). The molecule has 2 aromatic carbocycles. The Labute approximate surface area is 144 Å². The Morgan fingerprint density at radius 2 is 1.83 bits per heavy atom. The van der Waals surface area contributed by atoms with Crippen molar-refractivity contribution in [3.8, 4) is 11.5 Å². The summed E-state index contributed by atoms with van der Waals surface area (Å²) >= 11 is 5.93. The highest BCUT2D eigenvalue weighted by Crippen LogP contribution is 2.28. The van der Waals surface area contributed by atoms with Gasteiger partial charge in [0.05, 0.1) is 12.8 Å². The van der Waals surface area contributed by atoms with E-state index >= 15 is 0 Å². The monoisotopic (exact) mass is 348 g/mol. The number of carbonyl (C=O) groups is 2. The number of hydrogen-bond acceptors (Lipinski definition) is 4. The Balaban J connectivity index is 2.04. The van der Waals surface area contributed by atoms with Gasteiger partial charge in [0.2, 0.25) is 5.91 Å². The van der Waals surface area contributed by atoms with Gasteiger partial charge < -0.3 is 20.5 Å². The van der Waals surface area contributed by atoms with E-state index in [-0.39, 0.29) is 5.91 Å². The van der Waals surface area contributed by atoms with E-state index in [4.69, 9.17) is 26.8 Å². The largest absolute Gasteiger partial charge is 0.495 e. The number of halogens is 1. The number of nitrogens with one attached hydrogen (secondary N) is 1. The fraction of sp³-hybridized carbons (Fsp3) is 0.176. The van der Waals surface area contributed by atoms with Crippen LogP contribution < -0.4 is 20.5 Å². The van der Waals surface area contributed by atoms with Crippen molar-refractivity contribution in [2.75, 3.05) is 12.4 Å². The minimum atomic E-state index is -0.770. The zero-order valence-corrected chi connectivity index (χ0v) is 14.0. The minimum Gasteiger partial charge on any atom is -0.495 e. The lowest BCUT2D eigenvalue weighted by molar-refractivity contribution is -0.122. The number of ether oxygens (including phenoxy) is 2. The molecule has 3 N–H and O–H groups in total. The lowest BCUT2D eigenvalue weighted by atomic mass is 10.2. The molecule has 0 aliphatic heterocycles. The molecular weight excluding hydrogens is 332 g/mol. The summed E-state index contributed by atoms with van der Waals surface area (Å²) < 4.78 is 10.7. The van der Waals surface area contributed by atoms with E-state index in [1.807, 2.05) is 0 Å². The van der Waals surface area contributed by atoms with E-state index < -0.39 is 12.0 Å². The van der Waals surface area contributed by atoms with Crippen molar-refractivity contribution in [1.82, 2.24) is 0 Å². The average Bonchev–Trinajstić information content (AvgIpc) is 2.55. The van der Waals surface area contributed by atoms with Gasteiger partial charge in [0.25, 0.3) is 5.91 Å². The molecule has 6 nitrogen and oxygen atoms in total. The summed E-state index contributed by atoms with van der Waals surface area (Å²) in [6, 6.07) is 11.1. The molecule has 0 aliphatic rings. The molecule has 2 amide bonds. The van der Waals surface area contributed by atoms with Gasteiger partial charge in [-0.3, -0.25) is 9.59 Å². The van der Waals surface area contributed by atoms with Gasteiger partial charge in [-0.25, -0.2) is 0 Å². The van der Waals surface area contributed by atoms with Gasteiger partial charge in [0.1, 0.15) is 11.5 Å². The zero-order chi connectivity index (χ0) is 17.7. The fourth-order valence-corrected chi connectivity index (χ4v) is 2.14. The van der Waals surface area contributed by atoms with Crippen molar-refractivity contribution in [2.45, 2.75) is 13.0 Å². The molecular formula is C17H17ClN2O4. The molecule has 24 heavy (non-hydrogen) atoms. The van der Waals surface area contributed by atoms with Crippen molar-refractivity contribution >= 4 is 29.1 Å². The molecule has 2 aromatic rings. The molecule has 126 valence electrons. The van der Waals surface area contributed by atoms with E-state index in [2.05, 4.69) is 5.32 Å². The second kappa shape index (κ2) is 7.70. The summed E-state index contributed by atoms with van der Waals surface area (Å²) in [5, 5.41) is 3.18. The first kappa shape index (κ1) is 17.6. The third-order valence-corrected chi connectivity index (χ3v) is 3.48. The lowest BCUT2D eigenvalue weighted by Crippen LogP contribution is -2.30. The van der Waals surface area contributed by atoms with Crippen LogP contribution in [0.4, 0.5) is 5.69 Å². The third kappa shape index (κ3) is 4.39. The lowest BCUT2D eigenvalue weighted by Gasteiger charge is -2.16. The summed E-state index contributed by atoms with van der Waals surface area (Å²) in [6.07, 6.45) is -0.770. The van der Waals surface area contributed by atoms with Crippen molar-refractivity contribution in [3.05, 3.63) is 53.1 Å². The number of carbonyl (C=O) groups excluding carboxylic acids is 2. The second-order valence-electron chi connectivity index (χ2n) is 4.98. The maximum absolute atomic E-state index is 12.3. The van der Waals surface area contributed by atoms with Crippen LogP contribution in [-0.4, -0.2) is 25.0 Å². The number of amides is 2. The molecule has 0 radical (unpaired) electrons. The number of methoxy groups -OCH3 is 1. The molecule has 0 fully saturated rings. The van der Waals surface area contributed by atoms with Crippen LogP contribution in [0.25, 0.3) is 0 Å². The summed E-state index contributed by atoms with van der Waals surface area (Å²) in [6.45, 7) is 1.61. The van der Waals surface area contributed by atoms with Gasteiger partial charge in [0.15, 0.2) is 6.10 Å². The van der Waals surface area contributed by atoms with Crippen LogP contribution in [0.1, 0.15) is 17.3 Å². The van der Waals surface area contributed by atoms with Crippen LogP contribution in [0.2, 0.25) is 5.02 Å². The Morgan fingerprint density at radius 1 is 1.17 bits per heavy atom. The van der Waals surface area contributed by atoms with Crippen molar-refractivity contribution in [2.24, 2.45) is 5.73 Å². The van der Waals surface area contributed by atoms with Gasteiger partial charge in [-0.05, 0) is 49.4 Å². The van der Waals surface area contributed by atoms with Crippen LogP contribution in [0.15, 0.2) is 42.5 Å². The van der Waals surface area contributed by atoms with E-state index in [1.54, 1.807) is 37.3 Å². The van der Waals surface area contributed by atoms with Crippen LogP contribution in [-0.2, 0) is 4.79 Å². The van der Waals surface area contributed by atoms with Gasteiger partial charge >= 0.3 is 0 Å². The zero-order valence-electron chi connectivity index (χ0n) is 13.2. The SMILES string of the molecule is COc1ccc(Cl)cc1NC(=O)[C@H](C)Oc1ccc(C(N)=O)cc1. The molecule has 7 heteroatoms. The number of hydrogen-bond donors (Lipinski definition) is 2. The minimum absolute atomic E-state index is 0.364. The molecule has 0 heterocycles. The number of rotatable bonds is 6. The summed E-state index contributed by atoms with van der Waals surface area (Å²) in [4.78, 5) is 23.3. The molecule has 0 saturated carbocycles. The first-order valence-electron chi connectivity index (χ1n) is 7.11. The first-order valence-corrected chi connectivity index (χ1v) is 7.49. The van der Waals surface area contributed by atoms with Gasteiger partial charge in [-0.15, -0.1) is 0 Å². The van der Waals surface area contributed by atoms with Gasteiger partial charge in [-0.2, -0.15) is 0 Å². The van der Waals surface area contributed by atoms with Gasteiger partial charge in [0, 0.05) is 10.6 Å². The standard InChI is InChI=1S/C17H17ClN2O4/c1-10(24-13-6-3-11(4-7-13)16(19)21)17(22)20-14-9-12(18)5-8-15(14)23-2/h3-10H,1-2H3,(H2,19,21)(H,20,22)/t10-/m0/s1. The van der Waals surface area contributed by atoms with Crippen LogP contribution in [0.3, 0.4) is 0 Å². The van der Waals surface area contributed by atoms with Crippen LogP contribution >= 0.6 is 11.6 Å². The normalized spacial score (nSPS) is 11.5. The quantitative estimate of drug-likeness (QED) is 0.839. The predicted octanol–water partition coefficient (Wildman–Crippen LogP) is 2.85. The molecule has 1 atom stereocenters. The summed E-state index contributed by atoms with van der Waals surface area (Å²) in [5.74, 6) is 0.0430. The number of anilines is 1. The van der Waals surface area contributed by atoms with E-state index in [0.717, 1.165) is 0 Å². The van der Waals surface area contributed by atoms with Crippen molar-refractivity contribution < 1.29 is 19.1 Å². The predicted molar refractivity (Wildman–Crippen MR) is 91.7 cm³/mol. The van der Waals surface area contributed by atoms with E-state index in [1.165, 1.54) is 19.2 Å². The smallest absolute Gasteiger partial charge is 0.265 e. The topological polar surface area (TPSA) is 90.7 Å². The van der Waals surface area contributed by atoms with Crippen molar-refractivity contribution in [3.63, 3.8) is 0 Å². The molecule has 0 bridgehead atoms. The van der Waals surface area contributed by atoms with Gasteiger partial charge in [-0.1, -0.05) is 11.6 Å². The number of nitrogens with two attached hydrogens (primary N) is 1. The Bertz CT molecular complexity index is 747. The second-order valence-corrected chi connectivity index (χ2v) is 5.42. The maximum Gasteiger partial charge on any atom is 0.265 e. The summed E-state index contributed by atoms with van der Waals surface area (Å²) in [5.41, 5.74) is 5.99.